The SMILES string of the molecule is CCn1c(=O)n(CCC(=O)OC)c2ccccc21. The third kappa shape index (κ3) is 2.03. The second-order valence-electron chi connectivity index (χ2n) is 3.99. The summed E-state index contributed by atoms with van der Waals surface area (Å²) in [6.45, 7) is 2.89. The molecule has 5 heteroatoms. The van der Waals surface area contributed by atoms with Crippen LogP contribution in [0.3, 0.4) is 0 Å². The van der Waals surface area contributed by atoms with Crippen molar-refractivity contribution in [3.63, 3.8) is 0 Å². The number of fused-ring (bicyclic) bond motifs is 1. The Balaban J connectivity index is 2.46. The summed E-state index contributed by atoms with van der Waals surface area (Å²) in [5, 5.41) is 0. The fourth-order valence-electron chi connectivity index (χ4n) is 2.10. The first-order valence-corrected chi connectivity index (χ1v) is 5.94. The van der Waals surface area contributed by atoms with Crippen LogP contribution in [0.25, 0.3) is 11.0 Å². The smallest absolute Gasteiger partial charge is 0.329 e. The lowest BCUT2D eigenvalue weighted by molar-refractivity contribution is -0.140. The number of nitrogens with zero attached hydrogens (tertiary/aromatic N) is 2. The first-order chi connectivity index (χ1) is 8.69. The van der Waals surface area contributed by atoms with E-state index in [1.165, 1.54) is 7.11 Å². The molecule has 2 rings (SSSR count). The van der Waals surface area contributed by atoms with Crippen molar-refractivity contribution in [2.75, 3.05) is 7.11 Å². The standard InChI is InChI=1S/C13H16N2O3/c1-3-14-10-6-4-5-7-11(10)15(13(14)17)9-8-12(16)18-2/h4-7H,3,8-9H2,1-2H3. The number of esters is 1. The van der Waals surface area contributed by atoms with Crippen LogP contribution in [0.15, 0.2) is 29.1 Å². The Hall–Kier alpha value is -2.04. The monoisotopic (exact) mass is 248 g/mol. The number of hydrogen-bond donors (Lipinski definition) is 0. The molecule has 1 aromatic carbocycles. The summed E-state index contributed by atoms with van der Waals surface area (Å²) in [6.07, 6.45) is 0.203. The molecule has 96 valence electrons. The lowest BCUT2D eigenvalue weighted by Crippen LogP contribution is -2.24. The molecule has 18 heavy (non-hydrogen) atoms. The fourth-order valence-corrected chi connectivity index (χ4v) is 2.10. The van der Waals surface area contributed by atoms with Crippen LogP contribution < -0.4 is 5.69 Å². The molecular weight excluding hydrogens is 232 g/mol. The highest BCUT2D eigenvalue weighted by atomic mass is 16.5. The summed E-state index contributed by atoms with van der Waals surface area (Å²) < 4.78 is 7.92. The van der Waals surface area contributed by atoms with Gasteiger partial charge in [-0.15, -0.1) is 0 Å². The van der Waals surface area contributed by atoms with Crippen molar-refractivity contribution in [3.8, 4) is 0 Å². The minimum absolute atomic E-state index is 0.0809. The zero-order valence-corrected chi connectivity index (χ0v) is 10.5. The molecule has 2 aromatic rings. The molecule has 0 aliphatic rings. The van der Waals surface area contributed by atoms with Crippen molar-refractivity contribution in [2.24, 2.45) is 0 Å². The number of hydrogen-bond acceptors (Lipinski definition) is 3. The maximum Gasteiger partial charge on any atom is 0.329 e. The number of imidazole rings is 1. The van der Waals surface area contributed by atoms with Gasteiger partial charge in [0.1, 0.15) is 0 Å². The van der Waals surface area contributed by atoms with E-state index in [0.717, 1.165) is 11.0 Å². The van der Waals surface area contributed by atoms with Gasteiger partial charge in [0.15, 0.2) is 0 Å². The van der Waals surface area contributed by atoms with Crippen molar-refractivity contribution >= 4 is 17.0 Å². The van der Waals surface area contributed by atoms with E-state index >= 15 is 0 Å². The Bertz CT molecular complexity index is 625. The van der Waals surface area contributed by atoms with Crippen LogP contribution in [0.2, 0.25) is 0 Å². The second kappa shape index (κ2) is 5.08. The van der Waals surface area contributed by atoms with E-state index in [2.05, 4.69) is 4.74 Å². The average Bonchev–Trinajstić information content (AvgIpc) is 2.67. The van der Waals surface area contributed by atoms with Crippen molar-refractivity contribution in [1.82, 2.24) is 9.13 Å². The van der Waals surface area contributed by atoms with E-state index in [0.29, 0.717) is 13.1 Å². The highest BCUT2D eigenvalue weighted by molar-refractivity contribution is 5.76. The van der Waals surface area contributed by atoms with E-state index in [9.17, 15) is 9.59 Å². The lowest BCUT2D eigenvalue weighted by Gasteiger charge is -2.01. The van der Waals surface area contributed by atoms with Crippen LogP contribution in [0.4, 0.5) is 0 Å². The normalized spacial score (nSPS) is 10.8. The van der Waals surface area contributed by atoms with Crippen molar-refractivity contribution in [1.29, 1.82) is 0 Å². The number of methoxy groups -OCH3 is 1. The number of ether oxygens (including phenoxy) is 1. The number of aromatic nitrogens is 2. The van der Waals surface area contributed by atoms with Gasteiger partial charge in [-0.05, 0) is 19.1 Å². The molecule has 0 spiro atoms. The third-order valence-electron chi connectivity index (χ3n) is 3.01. The Morgan fingerprint density at radius 1 is 1.22 bits per heavy atom. The quantitative estimate of drug-likeness (QED) is 0.768. The zero-order chi connectivity index (χ0) is 13.1. The highest BCUT2D eigenvalue weighted by Crippen LogP contribution is 2.12. The molecule has 0 saturated carbocycles. The topological polar surface area (TPSA) is 53.2 Å². The highest BCUT2D eigenvalue weighted by Gasteiger charge is 2.12. The molecule has 0 saturated heterocycles. The van der Waals surface area contributed by atoms with E-state index < -0.39 is 0 Å². The van der Waals surface area contributed by atoms with Gasteiger partial charge in [-0.2, -0.15) is 0 Å². The summed E-state index contributed by atoms with van der Waals surface area (Å²) in [7, 11) is 1.35. The van der Waals surface area contributed by atoms with Gasteiger partial charge >= 0.3 is 11.7 Å². The second-order valence-corrected chi connectivity index (χ2v) is 3.99. The van der Waals surface area contributed by atoms with E-state index in [4.69, 9.17) is 0 Å². The van der Waals surface area contributed by atoms with Crippen LogP contribution in [0.1, 0.15) is 13.3 Å². The summed E-state index contributed by atoms with van der Waals surface area (Å²) >= 11 is 0. The molecule has 5 nitrogen and oxygen atoms in total. The Kier molecular flexibility index (Phi) is 3.50. The Morgan fingerprint density at radius 3 is 2.39 bits per heavy atom. The molecule has 0 radical (unpaired) electrons. The predicted molar refractivity (Wildman–Crippen MR) is 68.5 cm³/mol. The summed E-state index contributed by atoms with van der Waals surface area (Å²) in [6, 6.07) is 7.59. The summed E-state index contributed by atoms with van der Waals surface area (Å²) in [5.74, 6) is -0.310. The molecular formula is C13H16N2O3. The van der Waals surface area contributed by atoms with Crippen molar-refractivity contribution in [3.05, 3.63) is 34.7 Å². The van der Waals surface area contributed by atoms with E-state index in [-0.39, 0.29) is 18.1 Å². The minimum atomic E-state index is -0.310. The van der Waals surface area contributed by atoms with Gasteiger partial charge in [-0.25, -0.2) is 4.79 Å². The van der Waals surface area contributed by atoms with Crippen LogP contribution >= 0.6 is 0 Å². The average molecular weight is 248 g/mol. The Labute approximate surface area is 105 Å². The number of para-hydroxylation sites is 2. The van der Waals surface area contributed by atoms with Crippen LogP contribution in [0.5, 0.6) is 0 Å². The number of benzene rings is 1. The number of carbonyl (C=O) groups is 1. The van der Waals surface area contributed by atoms with Gasteiger partial charge < -0.3 is 4.74 Å². The molecule has 0 fully saturated rings. The molecule has 0 N–H and O–H groups in total. The number of aryl methyl sites for hydroxylation is 2. The van der Waals surface area contributed by atoms with Gasteiger partial charge in [0.25, 0.3) is 0 Å². The molecule has 0 unspecified atom stereocenters. The zero-order valence-electron chi connectivity index (χ0n) is 10.5. The van der Waals surface area contributed by atoms with Gasteiger partial charge in [-0.1, -0.05) is 12.1 Å². The number of rotatable bonds is 4. The molecule has 1 aromatic heterocycles. The van der Waals surface area contributed by atoms with Crippen LogP contribution in [-0.4, -0.2) is 22.2 Å². The largest absolute Gasteiger partial charge is 0.469 e. The van der Waals surface area contributed by atoms with E-state index in [1.807, 2.05) is 31.2 Å². The van der Waals surface area contributed by atoms with Gasteiger partial charge in [-0.3, -0.25) is 13.9 Å². The Morgan fingerprint density at radius 2 is 1.83 bits per heavy atom. The summed E-state index contributed by atoms with van der Waals surface area (Å²) in [5.41, 5.74) is 1.67. The van der Waals surface area contributed by atoms with Gasteiger partial charge in [0.2, 0.25) is 0 Å². The maximum absolute atomic E-state index is 12.2. The van der Waals surface area contributed by atoms with Gasteiger partial charge in [0, 0.05) is 13.1 Å². The first kappa shape index (κ1) is 12.4. The summed E-state index contributed by atoms with van der Waals surface area (Å²) in [4.78, 5) is 23.4. The third-order valence-corrected chi connectivity index (χ3v) is 3.01. The van der Waals surface area contributed by atoms with Crippen LogP contribution in [-0.2, 0) is 22.6 Å². The molecule has 0 atom stereocenters. The lowest BCUT2D eigenvalue weighted by atomic mass is 10.3. The maximum atomic E-state index is 12.2. The molecule has 0 aliphatic carbocycles. The minimum Gasteiger partial charge on any atom is -0.469 e. The van der Waals surface area contributed by atoms with E-state index in [1.54, 1.807) is 9.13 Å². The van der Waals surface area contributed by atoms with Crippen molar-refractivity contribution in [2.45, 2.75) is 26.4 Å². The molecule has 0 amide bonds. The molecule has 0 aliphatic heterocycles. The first-order valence-electron chi connectivity index (χ1n) is 5.94. The molecule has 1 heterocycles. The predicted octanol–water partition coefficient (Wildman–Crippen LogP) is 1.39. The van der Waals surface area contributed by atoms with Crippen molar-refractivity contribution < 1.29 is 9.53 Å². The number of carbonyl (C=O) groups excluding carboxylic acids is 1. The van der Waals surface area contributed by atoms with Crippen LogP contribution in [0, 0.1) is 0 Å². The molecule has 0 bridgehead atoms. The fraction of sp³-hybridized carbons (Fsp3) is 0.385. The van der Waals surface area contributed by atoms with Gasteiger partial charge in [0.05, 0.1) is 24.6 Å².